The van der Waals surface area contributed by atoms with Crippen LogP contribution in [0.4, 0.5) is 14.5 Å². The number of benzene rings is 2. The van der Waals surface area contributed by atoms with Crippen LogP contribution >= 0.6 is 0 Å². The zero-order chi connectivity index (χ0) is 20.1. The summed E-state index contributed by atoms with van der Waals surface area (Å²) < 4.78 is 31.3. The maximum absolute atomic E-state index is 13.2. The normalized spacial score (nSPS) is 14.0. The molecule has 0 atom stereocenters. The van der Waals surface area contributed by atoms with Gasteiger partial charge in [0, 0.05) is 37.4 Å². The van der Waals surface area contributed by atoms with Crippen LogP contribution in [0.5, 0.6) is 5.75 Å². The molecule has 6 nitrogen and oxygen atoms in total. The number of halogens is 2. The second-order valence-corrected chi connectivity index (χ2v) is 6.38. The molecule has 1 saturated heterocycles. The zero-order valence-corrected chi connectivity index (χ0v) is 15.5. The number of anilines is 1. The molecule has 2 aromatic rings. The van der Waals surface area contributed by atoms with E-state index < -0.39 is 17.5 Å². The van der Waals surface area contributed by atoms with E-state index in [0.717, 1.165) is 23.6 Å². The van der Waals surface area contributed by atoms with Crippen molar-refractivity contribution >= 4 is 17.5 Å². The van der Waals surface area contributed by atoms with Crippen molar-refractivity contribution in [1.82, 2.24) is 10.2 Å². The maximum Gasteiger partial charge on any atom is 0.251 e. The Balaban J connectivity index is 1.48. The Bertz CT molecular complexity index is 850. The fourth-order valence-electron chi connectivity index (χ4n) is 3.01. The number of ether oxygens (including phenoxy) is 1. The second kappa shape index (κ2) is 8.69. The van der Waals surface area contributed by atoms with Crippen LogP contribution < -0.4 is 15.0 Å². The molecule has 1 aliphatic rings. The lowest BCUT2D eigenvalue weighted by Gasteiger charge is -2.36. The lowest BCUT2D eigenvalue weighted by Crippen LogP contribution is -2.51. The van der Waals surface area contributed by atoms with Gasteiger partial charge >= 0.3 is 0 Å². The van der Waals surface area contributed by atoms with Crippen LogP contribution in [0.2, 0.25) is 0 Å². The Hall–Kier alpha value is -3.16. The van der Waals surface area contributed by atoms with Crippen LogP contribution in [-0.2, 0) is 4.79 Å². The molecule has 3 rings (SSSR count). The minimum atomic E-state index is -1.10. The van der Waals surface area contributed by atoms with Crippen molar-refractivity contribution in [3.63, 3.8) is 0 Å². The molecule has 0 spiro atoms. The number of rotatable bonds is 5. The quantitative estimate of drug-likeness (QED) is 0.850. The number of carbonyl (C=O) groups excluding carboxylic acids is 2. The van der Waals surface area contributed by atoms with Crippen molar-refractivity contribution in [2.45, 2.75) is 0 Å². The van der Waals surface area contributed by atoms with Gasteiger partial charge in [-0.2, -0.15) is 0 Å². The average molecular weight is 389 g/mol. The Morgan fingerprint density at radius 3 is 2.29 bits per heavy atom. The first-order chi connectivity index (χ1) is 13.5. The van der Waals surface area contributed by atoms with Gasteiger partial charge < -0.3 is 19.9 Å². The Morgan fingerprint density at radius 2 is 1.68 bits per heavy atom. The van der Waals surface area contributed by atoms with Crippen molar-refractivity contribution in [1.29, 1.82) is 0 Å². The van der Waals surface area contributed by atoms with Gasteiger partial charge in [-0.1, -0.05) is 0 Å². The van der Waals surface area contributed by atoms with E-state index in [1.165, 1.54) is 6.07 Å². The summed E-state index contributed by atoms with van der Waals surface area (Å²) in [5.74, 6) is -2.18. The van der Waals surface area contributed by atoms with E-state index in [1.807, 2.05) is 24.3 Å². The largest absolute Gasteiger partial charge is 0.497 e. The molecule has 2 aromatic carbocycles. The highest BCUT2D eigenvalue weighted by atomic mass is 19.2. The van der Waals surface area contributed by atoms with Crippen molar-refractivity contribution in [3.05, 3.63) is 59.7 Å². The van der Waals surface area contributed by atoms with Crippen LogP contribution in [0, 0.1) is 11.6 Å². The number of piperazine rings is 1. The topological polar surface area (TPSA) is 61.9 Å². The monoisotopic (exact) mass is 389 g/mol. The van der Waals surface area contributed by atoms with E-state index in [-0.39, 0.29) is 18.0 Å². The Kier molecular flexibility index (Phi) is 6.08. The minimum absolute atomic E-state index is 0.0315. The molecule has 0 saturated carbocycles. The maximum atomic E-state index is 13.2. The third-order valence-corrected chi connectivity index (χ3v) is 4.65. The number of methoxy groups -OCH3 is 1. The Labute approximate surface area is 161 Å². The van der Waals surface area contributed by atoms with E-state index in [1.54, 1.807) is 12.0 Å². The molecule has 148 valence electrons. The number of carbonyl (C=O) groups is 2. The van der Waals surface area contributed by atoms with Gasteiger partial charge in [0.2, 0.25) is 5.91 Å². The summed E-state index contributed by atoms with van der Waals surface area (Å²) in [5.41, 5.74) is 1.02. The number of nitrogens with zero attached hydrogens (tertiary/aromatic N) is 2. The molecule has 0 radical (unpaired) electrons. The summed E-state index contributed by atoms with van der Waals surface area (Å²) in [6, 6.07) is 10.6. The van der Waals surface area contributed by atoms with E-state index in [4.69, 9.17) is 4.74 Å². The molecule has 1 heterocycles. The standard InChI is InChI=1S/C20H21F2N3O3/c1-28-16-5-3-15(4-6-16)24-8-10-25(11-9-24)19(26)13-23-20(27)14-2-7-17(21)18(22)12-14/h2-7,12H,8-11,13H2,1H3,(H,23,27). The lowest BCUT2D eigenvalue weighted by molar-refractivity contribution is -0.130. The van der Waals surface area contributed by atoms with Gasteiger partial charge in [0.05, 0.1) is 13.7 Å². The van der Waals surface area contributed by atoms with E-state index in [0.29, 0.717) is 26.2 Å². The zero-order valence-electron chi connectivity index (χ0n) is 15.5. The predicted molar refractivity (Wildman–Crippen MR) is 100 cm³/mol. The van der Waals surface area contributed by atoms with Crippen LogP contribution in [0.3, 0.4) is 0 Å². The highest BCUT2D eigenvalue weighted by Gasteiger charge is 2.22. The molecular weight excluding hydrogens is 368 g/mol. The van der Waals surface area contributed by atoms with Gasteiger partial charge in [-0.3, -0.25) is 9.59 Å². The second-order valence-electron chi connectivity index (χ2n) is 6.38. The molecule has 1 aliphatic heterocycles. The van der Waals surface area contributed by atoms with Gasteiger partial charge in [0.25, 0.3) is 5.91 Å². The molecule has 0 aliphatic carbocycles. The highest BCUT2D eigenvalue weighted by molar-refractivity contribution is 5.96. The number of hydrogen-bond donors (Lipinski definition) is 1. The summed E-state index contributed by atoms with van der Waals surface area (Å²) in [5, 5.41) is 2.45. The SMILES string of the molecule is COc1ccc(N2CCN(C(=O)CNC(=O)c3ccc(F)c(F)c3)CC2)cc1. The molecule has 28 heavy (non-hydrogen) atoms. The third kappa shape index (κ3) is 4.57. The van der Waals surface area contributed by atoms with Gasteiger partial charge in [0.1, 0.15) is 5.75 Å². The van der Waals surface area contributed by atoms with Gasteiger partial charge in [-0.25, -0.2) is 8.78 Å². The van der Waals surface area contributed by atoms with Gasteiger partial charge in [0.15, 0.2) is 11.6 Å². The summed E-state index contributed by atoms with van der Waals surface area (Å²) in [7, 11) is 1.62. The molecule has 8 heteroatoms. The first-order valence-corrected chi connectivity index (χ1v) is 8.88. The van der Waals surface area contributed by atoms with Crippen molar-refractivity contribution in [3.8, 4) is 5.75 Å². The summed E-state index contributed by atoms with van der Waals surface area (Å²) >= 11 is 0. The van der Waals surface area contributed by atoms with Gasteiger partial charge in [-0.15, -0.1) is 0 Å². The minimum Gasteiger partial charge on any atom is -0.497 e. The molecule has 0 unspecified atom stereocenters. The van der Waals surface area contributed by atoms with Gasteiger partial charge in [-0.05, 0) is 42.5 Å². The highest BCUT2D eigenvalue weighted by Crippen LogP contribution is 2.20. The third-order valence-electron chi connectivity index (χ3n) is 4.65. The Morgan fingerprint density at radius 1 is 1.00 bits per heavy atom. The average Bonchev–Trinajstić information content (AvgIpc) is 2.74. The molecule has 1 N–H and O–H groups in total. The summed E-state index contributed by atoms with van der Waals surface area (Å²) in [4.78, 5) is 28.2. The van der Waals surface area contributed by atoms with Crippen LogP contribution in [0.1, 0.15) is 10.4 Å². The lowest BCUT2D eigenvalue weighted by atomic mass is 10.2. The molecular formula is C20H21F2N3O3. The number of nitrogens with one attached hydrogen (secondary N) is 1. The molecule has 1 fully saturated rings. The molecule has 0 bridgehead atoms. The molecule has 0 aromatic heterocycles. The first kappa shape index (κ1) is 19.6. The van der Waals surface area contributed by atoms with Crippen molar-refractivity contribution in [2.75, 3.05) is 44.7 Å². The van der Waals surface area contributed by atoms with E-state index in [9.17, 15) is 18.4 Å². The van der Waals surface area contributed by atoms with Crippen LogP contribution in [0.25, 0.3) is 0 Å². The van der Waals surface area contributed by atoms with Crippen LogP contribution in [0.15, 0.2) is 42.5 Å². The van der Waals surface area contributed by atoms with E-state index in [2.05, 4.69) is 10.2 Å². The first-order valence-electron chi connectivity index (χ1n) is 8.88. The predicted octanol–water partition coefficient (Wildman–Crippen LogP) is 2.05. The van der Waals surface area contributed by atoms with Crippen LogP contribution in [-0.4, -0.2) is 56.5 Å². The van der Waals surface area contributed by atoms with Crippen molar-refractivity contribution < 1.29 is 23.1 Å². The van der Waals surface area contributed by atoms with Crippen molar-refractivity contribution in [2.24, 2.45) is 0 Å². The smallest absolute Gasteiger partial charge is 0.251 e. The molecule has 2 amide bonds. The summed E-state index contributed by atoms with van der Waals surface area (Å²) in [6.45, 7) is 2.22. The van der Waals surface area contributed by atoms with E-state index >= 15 is 0 Å². The fourth-order valence-corrected chi connectivity index (χ4v) is 3.01. The summed E-state index contributed by atoms with van der Waals surface area (Å²) in [6.07, 6.45) is 0. The fraction of sp³-hybridized carbons (Fsp3) is 0.300. The number of amides is 2. The number of hydrogen-bond acceptors (Lipinski definition) is 4.